The lowest BCUT2D eigenvalue weighted by Crippen LogP contribution is -2.53. The molecule has 2 N–H and O–H groups in total. The van der Waals surface area contributed by atoms with Crippen LogP contribution in [0.2, 0.25) is 18.1 Å². The van der Waals surface area contributed by atoms with Crippen molar-refractivity contribution in [3.8, 4) is 0 Å². The highest BCUT2D eigenvalue weighted by molar-refractivity contribution is 9.10. The summed E-state index contributed by atoms with van der Waals surface area (Å²) in [6.07, 6.45) is 1.60. The van der Waals surface area contributed by atoms with E-state index in [2.05, 4.69) is 21.2 Å². The number of benzene rings is 2. The van der Waals surface area contributed by atoms with Crippen LogP contribution < -0.4 is 5.32 Å². The Morgan fingerprint density at radius 2 is 1.69 bits per heavy atom. The van der Waals surface area contributed by atoms with Crippen LogP contribution in [-0.4, -0.2) is 48.2 Å². The van der Waals surface area contributed by atoms with E-state index in [0.717, 1.165) is 28.9 Å². The molecule has 1 aliphatic carbocycles. The minimum Gasteiger partial charge on any atom is -0.444 e. The van der Waals surface area contributed by atoms with Gasteiger partial charge in [0.15, 0.2) is 8.32 Å². The van der Waals surface area contributed by atoms with Crippen molar-refractivity contribution < 1.29 is 27.9 Å². The molecule has 2 unspecified atom stereocenters. The molecular formula is C32H45BrF2N2O4Si. The molecule has 1 fully saturated rings. The maximum absolute atomic E-state index is 14.2. The largest absolute Gasteiger partial charge is 0.444 e. The van der Waals surface area contributed by atoms with Crippen LogP contribution in [0.5, 0.6) is 0 Å². The van der Waals surface area contributed by atoms with Gasteiger partial charge >= 0.3 is 6.09 Å². The third-order valence-electron chi connectivity index (χ3n) is 8.40. The summed E-state index contributed by atoms with van der Waals surface area (Å²) in [6.45, 7) is 14.8. The Morgan fingerprint density at radius 1 is 1.10 bits per heavy atom. The van der Waals surface area contributed by atoms with Gasteiger partial charge in [-0.15, -0.1) is 0 Å². The third kappa shape index (κ3) is 8.86. The van der Waals surface area contributed by atoms with Gasteiger partial charge in [0.05, 0.1) is 5.54 Å². The fourth-order valence-electron chi connectivity index (χ4n) is 5.40. The number of ether oxygens (including phenoxy) is 1. The zero-order valence-electron chi connectivity index (χ0n) is 26.0. The van der Waals surface area contributed by atoms with Crippen molar-refractivity contribution in [2.75, 3.05) is 6.54 Å². The summed E-state index contributed by atoms with van der Waals surface area (Å²) in [5.41, 5.74) is 0.0207. The molecule has 10 heteroatoms. The smallest absolute Gasteiger partial charge is 0.411 e. The van der Waals surface area contributed by atoms with Crippen molar-refractivity contribution >= 4 is 36.2 Å². The maximum Gasteiger partial charge on any atom is 0.411 e. The van der Waals surface area contributed by atoms with Crippen molar-refractivity contribution in [2.24, 2.45) is 5.92 Å². The molecule has 0 aliphatic heterocycles. The second-order valence-electron chi connectivity index (χ2n) is 13.8. The standard InChI is InChI=1S/C32H45BrF2N2O4Si/c1-21(38)36-28(16-22-14-26(34)18-27(35)15-22)23(19-31(5,6)42(7,8)40)20-37(29(39)41-30(2,3)4)32(12-13-32)24-10-9-11-25(33)17-24/h9-11,14-15,17-18,23,28,40H,12-13,16,19-20H2,1-8H3,(H,36,38). The molecule has 0 bridgehead atoms. The molecule has 0 heterocycles. The van der Waals surface area contributed by atoms with Gasteiger partial charge in [0.2, 0.25) is 5.91 Å². The van der Waals surface area contributed by atoms with Crippen molar-refractivity contribution in [3.05, 3.63) is 69.7 Å². The molecular weight excluding hydrogens is 622 g/mol. The summed E-state index contributed by atoms with van der Waals surface area (Å²) in [6, 6.07) is 10.6. The highest BCUT2D eigenvalue weighted by Gasteiger charge is 2.54. The van der Waals surface area contributed by atoms with Gasteiger partial charge in [0.1, 0.15) is 17.2 Å². The SMILES string of the molecule is CC(=O)NC(Cc1cc(F)cc(F)c1)C(CN(C(=O)OC(C)(C)C)C1(c2cccc(Br)c2)CC1)CC(C)(C)[Si](C)(C)O. The van der Waals surface area contributed by atoms with Crippen molar-refractivity contribution in [3.63, 3.8) is 0 Å². The summed E-state index contributed by atoms with van der Waals surface area (Å²) in [4.78, 5) is 39.5. The van der Waals surface area contributed by atoms with Gasteiger partial charge < -0.3 is 14.8 Å². The normalized spacial score (nSPS) is 16.4. The van der Waals surface area contributed by atoms with Gasteiger partial charge in [0.25, 0.3) is 0 Å². The first kappa shape index (κ1) is 34.2. The number of carbonyl (C=O) groups excluding carboxylic acids is 2. The topological polar surface area (TPSA) is 78.9 Å². The van der Waals surface area contributed by atoms with E-state index in [1.54, 1.807) is 4.90 Å². The number of halogens is 3. The van der Waals surface area contributed by atoms with Gasteiger partial charge in [-0.2, -0.15) is 0 Å². The molecule has 232 valence electrons. The van der Waals surface area contributed by atoms with E-state index in [9.17, 15) is 23.2 Å². The van der Waals surface area contributed by atoms with Gasteiger partial charge in [-0.05, 0) is 106 Å². The number of amides is 2. The zero-order chi connectivity index (χ0) is 31.7. The second kappa shape index (κ2) is 12.7. The molecule has 0 radical (unpaired) electrons. The highest BCUT2D eigenvalue weighted by Crippen LogP contribution is 2.53. The Labute approximate surface area is 258 Å². The molecule has 2 aromatic carbocycles. The van der Waals surface area contributed by atoms with Crippen LogP contribution in [0.1, 0.15) is 71.9 Å². The zero-order valence-corrected chi connectivity index (χ0v) is 28.6. The predicted molar refractivity (Wildman–Crippen MR) is 168 cm³/mol. The van der Waals surface area contributed by atoms with E-state index in [1.807, 2.05) is 72.0 Å². The van der Waals surface area contributed by atoms with Gasteiger partial charge in [-0.1, -0.05) is 41.9 Å². The molecule has 0 saturated heterocycles. The Bertz CT molecular complexity index is 1270. The summed E-state index contributed by atoms with van der Waals surface area (Å²) in [5, 5.41) is 2.50. The van der Waals surface area contributed by atoms with Crippen molar-refractivity contribution in [1.82, 2.24) is 10.2 Å². The third-order valence-corrected chi connectivity index (χ3v) is 12.4. The summed E-state index contributed by atoms with van der Waals surface area (Å²) in [5.74, 6) is -2.08. The Balaban J connectivity index is 2.13. The van der Waals surface area contributed by atoms with Crippen LogP contribution >= 0.6 is 15.9 Å². The number of nitrogens with zero attached hydrogens (tertiary/aromatic N) is 1. The Morgan fingerprint density at radius 3 is 2.17 bits per heavy atom. The summed E-state index contributed by atoms with van der Waals surface area (Å²) in [7, 11) is -2.74. The second-order valence-corrected chi connectivity index (χ2v) is 19.2. The number of nitrogens with one attached hydrogen (secondary N) is 1. The number of hydrogen-bond donors (Lipinski definition) is 2. The Hall–Kier alpha value is -2.30. The summed E-state index contributed by atoms with van der Waals surface area (Å²) >= 11 is 3.56. The first-order chi connectivity index (χ1) is 19.2. The molecule has 2 atom stereocenters. The van der Waals surface area contributed by atoms with Gasteiger partial charge in [0, 0.05) is 30.0 Å². The van der Waals surface area contributed by atoms with E-state index in [1.165, 1.54) is 19.1 Å². The molecule has 3 rings (SSSR count). The lowest BCUT2D eigenvalue weighted by molar-refractivity contribution is -0.120. The average Bonchev–Trinajstić information content (AvgIpc) is 3.60. The fourth-order valence-corrected chi connectivity index (χ4v) is 6.57. The van der Waals surface area contributed by atoms with Crippen molar-refractivity contribution in [1.29, 1.82) is 0 Å². The predicted octanol–water partition coefficient (Wildman–Crippen LogP) is 7.68. The fraction of sp³-hybridized carbons (Fsp3) is 0.562. The van der Waals surface area contributed by atoms with Crippen LogP contribution in [0.25, 0.3) is 0 Å². The molecule has 2 amide bonds. The van der Waals surface area contributed by atoms with Gasteiger partial charge in [-0.3, -0.25) is 9.69 Å². The van der Waals surface area contributed by atoms with Crippen molar-refractivity contribution in [2.45, 2.75) is 103 Å². The minimum absolute atomic E-state index is 0.147. The van der Waals surface area contributed by atoms with Crippen LogP contribution in [0.4, 0.5) is 13.6 Å². The number of rotatable bonds is 11. The van der Waals surface area contributed by atoms with E-state index in [4.69, 9.17) is 4.74 Å². The first-order valence-electron chi connectivity index (χ1n) is 14.4. The van der Waals surface area contributed by atoms with Gasteiger partial charge in [-0.25, -0.2) is 13.6 Å². The Kier molecular flexibility index (Phi) is 10.4. The van der Waals surface area contributed by atoms with E-state index < -0.39 is 48.3 Å². The molecule has 2 aromatic rings. The monoisotopic (exact) mass is 666 g/mol. The highest BCUT2D eigenvalue weighted by atomic mass is 79.9. The lowest BCUT2D eigenvalue weighted by atomic mass is 9.85. The quantitative estimate of drug-likeness (QED) is 0.241. The average molecular weight is 668 g/mol. The van der Waals surface area contributed by atoms with E-state index in [0.29, 0.717) is 12.0 Å². The molecule has 0 spiro atoms. The van der Waals surface area contributed by atoms with Crippen LogP contribution in [0, 0.1) is 17.6 Å². The number of hydrogen-bond acceptors (Lipinski definition) is 4. The van der Waals surface area contributed by atoms with E-state index in [-0.39, 0.29) is 24.8 Å². The molecule has 42 heavy (non-hydrogen) atoms. The molecule has 1 saturated carbocycles. The van der Waals surface area contributed by atoms with Crippen LogP contribution in [0.3, 0.4) is 0 Å². The summed E-state index contributed by atoms with van der Waals surface area (Å²) < 4.78 is 35.2. The molecule has 1 aliphatic rings. The molecule has 6 nitrogen and oxygen atoms in total. The lowest BCUT2D eigenvalue weighted by Gasteiger charge is -2.43. The van der Waals surface area contributed by atoms with E-state index >= 15 is 0 Å². The van der Waals surface area contributed by atoms with Crippen LogP contribution in [-0.2, 0) is 21.5 Å². The number of carbonyl (C=O) groups is 2. The molecule has 0 aromatic heterocycles. The first-order valence-corrected chi connectivity index (χ1v) is 18.2. The van der Waals surface area contributed by atoms with Crippen LogP contribution in [0.15, 0.2) is 46.9 Å². The minimum atomic E-state index is -2.74. The maximum atomic E-state index is 14.2.